The Labute approximate surface area is 142 Å². The van der Waals surface area contributed by atoms with Crippen molar-refractivity contribution in [1.82, 2.24) is 19.7 Å². The predicted octanol–water partition coefficient (Wildman–Crippen LogP) is 3.26. The zero-order chi connectivity index (χ0) is 16.5. The molecule has 0 bridgehead atoms. The minimum Gasteiger partial charge on any atom is -0.381 e. The van der Waals surface area contributed by atoms with Gasteiger partial charge in [0.15, 0.2) is 0 Å². The van der Waals surface area contributed by atoms with Crippen molar-refractivity contribution in [3.8, 4) is 0 Å². The van der Waals surface area contributed by atoms with Gasteiger partial charge in [-0.25, -0.2) is 9.97 Å². The zero-order valence-electron chi connectivity index (χ0n) is 14.5. The number of hydrogen-bond acceptors (Lipinski definition) is 5. The summed E-state index contributed by atoms with van der Waals surface area (Å²) >= 11 is 0. The quantitative estimate of drug-likeness (QED) is 0.937. The minimum atomic E-state index is 0.440. The lowest BCUT2D eigenvalue weighted by atomic mass is 9.96. The Bertz CT molecular complexity index is 733. The molecule has 128 valence electrons. The topological polar surface area (TPSA) is 64.9 Å². The van der Waals surface area contributed by atoms with E-state index >= 15 is 0 Å². The Morgan fingerprint density at radius 2 is 1.92 bits per heavy atom. The van der Waals surface area contributed by atoms with Crippen LogP contribution >= 0.6 is 0 Å². The first-order valence-corrected chi connectivity index (χ1v) is 8.97. The van der Waals surface area contributed by atoms with E-state index in [1.807, 2.05) is 13.1 Å². The zero-order valence-corrected chi connectivity index (χ0v) is 14.5. The van der Waals surface area contributed by atoms with Crippen molar-refractivity contribution in [2.75, 3.05) is 18.5 Å². The van der Waals surface area contributed by atoms with Crippen LogP contribution in [0.3, 0.4) is 0 Å². The number of anilines is 2. The monoisotopic (exact) mass is 327 g/mol. The van der Waals surface area contributed by atoms with E-state index in [0.29, 0.717) is 6.04 Å². The first-order valence-electron chi connectivity index (χ1n) is 8.97. The van der Waals surface area contributed by atoms with Crippen LogP contribution in [0.5, 0.6) is 0 Å². The van der Waals surface area contributed by atoms with Gasteiger partial charge in [-0.3, -0.25) is 4.68 Å². The first-order chi connectivity index (χ1) is 11.7. The number of ether oxygens (including phenoxy) is 1. The van der Waals surface area contributed by atoms with E-state index in [1.54, 1.807) is 0 Å². The Balaban J connectivity index is 1.62. The van der Waals surface area contributed by atoms with Crippen molar-refractivity contribution in [2.24, 2.45) is 0 Å². The lowest BCUT2D eigenvalue weighted by molar-refractivity contribution is 0.0657. The van der Waals surface area contributed by atoms with Crippen LogP contribution in [0, 0.1) is 13.8 Å². The van der Waals surface area contributed by atoms with E-state index in [2.05, 4.69) is 32.0 Å². The summed E-state index contributed by atoms with van der Waals surface area (Å²) in [6, 6.07) is 0.440. The number of hydrogen-bond donors (Lipinski definition) is 1. The van der Waals surface area contributed by atoms with Gasteiger partial charge >= 0.3 is 0 Å². The Kier molecular flexibility index (Phi) is 4.22. The second-order valence-electron chi connectivity index (χ2n) is 6.81. The van der Waals surface area contributed by atoms with Crippen LogP contribution < -0.4 is 5.32 Å². The van der Waals surface area contributed by atoms with Crippen LogP contribution in [0.1, 0.15) is 54.5 Å². The fourth-order valence-electron chi connectivity index (χ4n) is 3.79. The molecule has 0 aromatic carbocycles. The normalized spacial score (nSPS) is 18.4. The van der Waals surface area contributed by atoms with Crippen molar-refractivity contribution >= 4 is 11.5 Å². The van der Waals surface area contributed by atoms with Crippen LogP contribution in [-0.4, -0.2) is 33.0 Å². The highest BCUT2D eigenvalue weighted by Gasteiger charge is 2.21. The molecule has 3 heterocycles. The van der Waals surface area contributed by atoms with E-state index in [4.69, 9.17) is 4.74 Å². The third-order valence-corrected chi connectivity index (χ3v) is 5.13. The molecule has 4 rings (SSSR count). The lowest BCUT2D eigenvalue weighted by Gasteiger charge is -2.24. The fourth-order valence-corrected chi connectivity index (χ4v) is 3.79. The molecule has 0 spiro atoms. The summed E-state index contributed by atoms with van der Waals surface area (Å²) in [7, 11) is 0. The van der Waals surface area contributed by atoms with Gasteiger partial charge in [0.2, 0.25) is 0 Å². The predicted molar refractivity (Wildman–Crippen MR) is 92.7 cm³/mol. The van der Waals surface area contributed by atoms with Gasteiger partial charge in [0.05, 0.1) is 23.6 Å². The molecule has 2 aromatic heterocycles. The number of nitrogens with one attached hydrogen (secondary N) is 1. The summed E-state index contributed by atoms with van der Waals surface area (Å²) in [5.74, 6) is 1.81. The van der Waals surface area contributed by atoms with Crippen molar-refractivity contribution in [3.63, 3.8) is 0 Å². The Morgan fingerprint density at radius 1 is 1.12 bits per heavy atom. The molecule has 0 atom stereocenters. The maximum Gasteiger partial charge on any atom is 0.137 e. The summed E-state index contributed by atoms with van der Waals surface area (Å²) in [5.41, 5.74) is 4.71. The van der Waals surface area contributed by atoms with E-state index in [1.165, 1.54) is 29.8 Å². The van der Waals surface area contributed by atoms with Crippen molar-refractivity contribution in [2.45, 2.75) is 58.4 Å². The maximum atomic E-state index is 5.47. The lowest BCUT2D eigenvalue weighted by Crippen LogP contribution is -2.21. The molecule has 6 heteroatoms. The van der Waals surface area contributed by atoms with E-state index in [9.17, 15) is 0 Å². The minimum absolute atomic E-state index is 0.440. The van der Waals surface area contributed by atoms with Crippen LogP contribution in [-0.2, 0) is 17.6 Å². The maximum absolute atomic E-state index is 5.47. The van der Waals surface area contributed by atoms with Gasteiger partial charge in [-0.05, 0) is 52.4 Å². The standard InChI is InChI=1S/C18H25N5O/c1-12-17(11-19-23(12)14-7-9-24-10-8-14)22-18-15-5-3-4-6-16(15)20-13(2)21-18/h11,14H,3-10H2,1-2H3,(H,20,21,22). The molecule has 1 N–H and O–H groups in total. The number of rotatable bonds is 3. The Hall–Kier alpha value is -1.95. The molecule has 2 aromatic rings. The fraction of sp³-hybridized carbons (Fsp3) is 0.611. The number of aryl methyl sites for hydroxylation is 2. The highest BCUT2D eigenvalue weighted by molar-refractivity contribution is 5.62. The molecule has 0 unspecified atom stereocenters. The number of aromatic nitrogens is 4. The SMILES string of the molecule is Cc1nc2c(c(Nc3cnn(C4CCOCC4)c3C)n1)CCCC2. The highest BCUT2D eigenvalue weighted by atomic mass is 16.5. The van der Waals surface area contributed by atoms with Gasteiger partial charge in [-0.2, -0.15) is 5.10 Å². The molecule has 1 aliphatic carbocycles. The molecule has 0 radical (unpaired) electrons. The van der Waals surface area contributed by atoms with Gasteiger partial charge < -0.3 is 10.1 Å². The summed E-state index contributed by atoms with van der Waals surface area (Å²) in [5, 5.41) is 8.16. The number of nitrogens with zero attached hydrogens (tertiary/aromatic N) is 4. The van der Waals surface area contributed by atoms with Gasteiger partial charge in [-0.15, -0.1) is 0 Å². The average molecular weight is 327 g/mol. The second-order valence-corrected chi connectivity index (χ2v) is 6.81. The molecule has 0 amide bonds. The molecule has 6 nitrogen and oxygen atoms in total. The third-order valence-electron chi connectivity index (χ3n) is 5.13. The first kappa shape index (κ1) is 15.6. The van der Waals surface area contributed by atoms with Gasteiger partial charge in [0.25, 0.3) is 0 Å². The Morgan fingerprint density at radius 3 is 2.75 bits per heavy atom. The van der Waals surface area contributed by atoms with Gasteiger partial charge in [0, 0.05) is 24.5 Å². The molecule has 2 aliphatic rings. The van der Waals surface area contributed by atoms with E-state index in [0.717, 1.165) is 56.2 Å². The van der Waals surface area contributed by atoms with Crippen LogP contribution in [0.4, 0.5) is 11.5 Å². The van der Waals surface area contributed by atoms with Crippen LogP contribution in [0.2, 0.25) is 0 Å². The van der Waals surface area contributed by atoms with E-state index < -0.39 is 0 Å². The highest BCUT2D eigenvalue weighted by Crippen LogP contribution is 2.30. The molecule has 0 saturated carbocycles. The van der Waals surface area contributed by atoms with Gasteiger partial charge in [-0.1, -0.05) is 0 Å². The van der Waals surface area contributed by atoms with Gasteiger partial charge in [0.1, 0.15) is 11.6 Å². The molecule has 24 heavy (non-hydrogen) atoms. The molecular weight excluding hydrogens is 302 g/mol. The van der Waals surface area contributed by atoms with Crippen LogP contribution in [0.25, 0.3) is 0 Å². The summed E-state index contributed by atoms with van der Waals surface area (Å²) in [4.78, 5) is 9.30. The summed E-state index contributed by atoms with van der Waals surface area (Å²) in [6.07, 6.45) is 8.56. The second kappa shape index (κ2) is 6.51. The summed E-state index contributed by atoms with van der Waals surface area (Å²) in [6.45, 7) is 5.75. The van der Waals surface area contributed by atoms with E-state index in [-0.39, 0.29) is 0 Å². The molecular formula is C18H25N5O. The summed E-state index contributed by atoms with van der Waals surface area (Å²) < 4.78 is 7.61. The smallest absolute Gasteiger partial charge is 0.137 e. The van der Waals surface area contributed by atoms with Crippen molar-refractivity contribution in [3.05, 3.63) is 29.0 Å². The van der Waals surface area contributed by atoms with Crippen LogP contribution in [0.15, 0.2) is 6.20 Å². The molecule has 1 saturated heterocycles. The largest absolute Gasteiger partial charge is 0.381 e. The molecule has 1 fully saturated rings. The van der Waals surface area contributed by atoms with Crippen molar-refractivity contribution < 1.29 is 4.74 Å². The molecule has 1 aliphatic heterocycles. The average Bonchev–Trinajstić information content (AvgIpc) is 2.96. The third kappa shape index (κ3) is 2.90. The van der Waals surface area contributed by atoms with Crippen molar-refractivity contribution in [1.29, 1.82) is 0 Å². The number of fused-ring (bicyclic) bond motifs is 1.